The SMILES string of the molecule is CCC(C)(N)c1cc(F)cc(Cl)c1O. The first-order chi connectivity index (χ1) is 6.38. The van der Waals surface area contributed by atoms with Crippen molar-refractivity contribution in [2.45, 2.75) is 25.8 Å². The zero-order valence-electron chi connectivity index (χ0n) is 8.14. The van der Waals surface area contributed by atoms with Crippen molar-refractivity contribution >= 4 is 11.6 Å². The van der Waals surface area contributed by atoms with Gasteiger partial charge in [0, 0.05) is 11.1 Å². The van der Waals surface area contributed by atoms with E-state index >= 15 is 0 Å². The molecule has 1 unspecified atom stereocenters. The van der Waals surface area contributed by atoms with Crippen LogP contribution in [0.15, 0.2) is 12.1 Å². The van der Waals surface area contributed by atoms with Gasteiger partial charge in [0.1, 0.15) is 11.6 Å². The van der Waals surface area contributed by atoms with E-state index in [9.17, 15) is 9.50 Å². The molecule has 1 atom stereocenters. The van der Waals surface area contributed by atoms with Crippen LogP contribution in [0.4, 0.5) is 4.39 Å². The number of hydrogen-bond donors (Lipinski definition) is 2. The Bertz CT molecular complexity index is 352. The molecule has 3 N–H and O–H groups in total. The lowest BCUT2D eigenvalue weighted by atomic mass is 9.90. The maximum absolute atomic E-state index is 13.0. The zero-order valence-corrected chi connectivity index (χ0v) is 8.90. The number of halogens is 2. The highest BCUT2D eigenvalue weighted by Gasteiger charge is 2.24. The van der Waals surface area contributed by atoms with E-state index in [1.54, 1.807) is 6.92 Å². The van der Waals surface area contributed by atoms with Crippen LogP contribution in [0.2, 0.25) is 5.02 Å². The second-order valence-electron chi connectivity index (χ2n) is 3.55. The number of aromatic hydroxyl groups is 1. The molecule has 0 spiro atoms. The molecule has 0 radical (unpaired) electrons. The van der Waals surface area contributed by atoms with E-state index in [4.69, 9.17) is 17.3 Å². The van der Waals surface area contributed by atoms with Crippen LogP contribution in [0.25, 0.3) is 0 Å². The second kappa shape index (κ2) is 3.75. The van der Waals surface area contributed by atoms with Crippen molar-refractivity contribution in [3.63, 3.8) is 0 Å². The van der Waals surface area contributed by atoms with E-state index in [0.29, 0.717) is 12.0 Å². The fraction of sp³-hybridized carbons (Fsp3) is 0.400. The molecule has 0 amide bonds. The van der Waals surface area contributed by atoms with Gasteiger partial charge in [-0.05, 0) is 25.5 Å². The van der Waals surface area contributed by atoms with Crippen molar-refractivity contribution in [1.82, 2.24) is 0 Å². The summed E-state index contributed by atoms with van der Waals surface area (Å²) in [5, 5.41) is 9.60. The predicted molar refractivity (Wildman–Crippen MR) is 54.9 cm³/mol. The Balaban J connectivity index is 3.34. The van der Waals surface area contributed by atoms with Crippen molar-refractivity contribution in [3.05, 3.63) is 28.5 Å². The van der Waals surface area contributed by atoms with Gasteiger partial charge in [0.15, 0.2) is 0 Å². The molecule has 1 aromatic carbocycles. The zero-order chi connectivity index (χ0) is 10.9. The van der Waals surface area contributed by atoms with Crippen molar-refractivity contribution in [2.75, 3.05) is 0 Å². The summed E-state index contributed by atoms with van der Waals surface area (Å²) >= 11 is 5.64. The van der Waals surface area contributed by atoms with Crippen LogP contribution in [0.3, 0.4) is 0 Å². The molecule has 0 bridgehead atoms. The molecule has 0 saturated carbocycles. The van der Waals surface area contributed by atoms with Crippen molar-refractivity contribution in [2.24, 2.45) is 5.73 Å². The molecule has 0 aromatic heterocycles. The van der Waals surface area contributed by atoms with E-state index < -0.39 is 11.4 Å². The first-order valence-corrected chi connectivity index (χ1v) is 4.73. The van der Waals surface area contributed by atoms with E-state index in [1.165, 1.54) is 6.07 Å². The Kier molecular flexibility index (Phi) is 3.02. The molecule has 0 aliphatic carbocycles. The summed E-state index contributed by atoms with van der Waals surface area (Å²) in [7, 11) is 0. The molecular formula is C10H13ClFNO. The molecule has 1 rings (SSSR count). The van der Waals surface area contributed by atoms with Crippen LogP contribution in [-0.4, -0.2) is 5.11 Å². The van der Waals surface area contributed by atoms with Gasteiger partial charge in [0.2, 0.25) is 0 Å². The highest BCUT2D eigenvalue weighted by Crippen LogP contribution is 2.35. The molecule has 0 fully saturated rings. The van der Waals surface area contributed by atoms with Crippen LogP contribution in [0.1, 0.15) is 25.8 Å². The maximum Gasteiger partial charge on any atom is 0.139 e. The van der Waals surface area contributed by atoms with Crippen LogP contribution in [0, 0.1) is 5.82 Å². The van der Waals surface area contributed by atoms with Crippen LogP contribution in [-0.2, 0) is 5.54 Å². The van der Waals surface area contributed by atoms with Gasteiger partial charge < -0.3 is 10.8 Å². The summed E-state index contributed by atoms with van der Waals surface area (Å²) in [6.07, 6.45) is 0.584. The fourth-order valence-electron chi connectivity index (χ4n) is 1.19. The quantitative estimate of drug-likeness (QED) is 0.800. The highest BCUT2D eigenvalue weighted by atomic mass is 35.5. The van der Waals surface area contributed by atoms with Gasteiger partial charge >= 0.3 is 0 Å². The summed E-state index contributed by atoms with van der Waals surface area (Å²) in [5.41, 5.74) is 5.46. The summed E-state index contributed by atoms with van der Waals surface area (Å²) in [5.74, 6) is -0.632. The number of phenolic OH excluding ortho intramolecular Hbond substituents is 1. The van der Waals surface area contributed by atoms with Gasteiger partial charge in [0.05, 0.1) is 5.02 Å². The van der Waals surface area contributed by atoms with Crippen LogP contribution < -0.4 is 5.73 Å². The molecule has 2 nitrogen and oxygen atoms in total. The molecular weight excluding hydrogens is 205 g/mol. The van der Waals surface area contributed by atoms with Gasteiger partial charge in [-0.3, -0.25) is 0 Å². The lowest BCUT2D eigenvalue weighted by Crippen LogP contribution is -2.32. The third-order valence-electron chi connectivity index (χ3n) is 2.38. The third-order valence-corrected chi connectivity index (χ3v) is 2.67. The summed E-state index contributed by atoms with van der Waals surface area (Å²) in [4.78, 5) is 0. The van der Waals surface area contributed by atoms with E-state index in [0.717, 1.165) is 6.07 Å². The highest BCUT2D eigenvalue weighted by molar-refractivity contribution is 6.32. The smallest absolute Gasteiger partial charge is 0.139 e. The monoisotopic (exact) mass is 217 g/mol. The number of nitrogens with two attached hydrogens (primary N) is 1. The third kappa shape index (κ3) is 1.99. The van der Waals surface area contributed by atoms with Crippen molar-refractivity contribution < 1.29 is 9.50 Å². The topological polar surface area (TPSA) is 46.2 Å². The molecule has 0 aliphatic heterocycles. The fourth-order valence-corrected chi connectivity index (χ4v) is 1.40. The molecule has 1 aromatic rings. The maximum atomic E-state index is 13.0. The molecule has 0 heterocycles. The van der Waals surface area contributed by atoms with Gasteiger partial charge in [-0.2, -0.15) is 0 Å². The Morgan fingerprint density at radius 3 is 2.64 bits per heavy atom. The van der Waals surface area contributed by atoms with E-state index in [1.807, 2.05) is 6.92 Å². The van der Waals surface area contributed by atoms with Gasteiger partial charge in [-0.1, -0.05) is 18.5 Å². The Morgan fingerprint density at radius 2 is 2.14 bits per heavy atom. The first kappa shape index (κ1) is 11.3. The Morgan fingerprint density at radius 1 is 1.57 bits per heavy atom. The number of hydrogen-bond acceptors (Lipinski definition) is 2. The summed E-state index contributed by atoms with van der Waals surface area (Å²) < 4.78 is 13.0. The van der Waals surface area contributed by atoms with Crippen LogP contribution >= 0.6 is 11.6 Å². The normalized spacial score (nSPS) is 15.2. The van der Waals surface area contributed by atoms with E-state index in [2.05, 4.69) is 0 Å². The largest absolute Gasteiger partial charge is 0.506 e. The van der Waals surface area contributed by atoms with Crippen molar-refractivity contribution in [1.29, 1.82) is 0 Å². The van der Waals surface area contributed by atoms with Crippen molar-refractivity contribution in [3.8, 4) is 5.75 Å². The minimum absolute atomic E-state index is 0.00914. The lowest BCUT2D eigenvalue weighted by Gasteiger charge is -2.24. The summed E-state index contributed by atoms with van der Waals surface area (Å²) in [6.45, 7) is 3.58. The molecule has 14 heavy (non-hydrogen) atoms. The van der Waals surface area contributed by atoms with E-state index in [-0.39, 0.29) is 10.8 Å². The molecule has 0 saturated heterocycles. The molecule has 78 valence electrons. The number of benzene rings is 1. The molecule has 0 aliphatic rings. The Hall–Kier alpha value is -0.800. The minimum Gasteiger partial charge on any atom is -0.506 e. The minimum atomic E-state index is -0.768. The lowest BCUT2D eigenvalue weighted by molar-refractivity contribution is 0.413. The molecule has 4 heteroatoms. The number of phenols is 1. The standard InChI is InChI=1S/C10H13ClFNO/c1-3-10(2,13)7-4-6(12)5-8(11)9(7)14/h4-5,14H,3,13H2,1-2H3. The van der Waals surface area contributed by atoms with Gasteiger partial charge in [0.25, 0.3) is 0 Å². The van der Waals surface area contributed by atoms with Gasteiger partial charge in [-0.15, -0.1) is 0 Å². The number of rotatable bonds is 2. The summed E-state index contributed by atoms with van der Waals surface area (Å²) in [6, 6.07) is 2.27. The Labute approximate surface area is 87.5 Å². The average molecular weight is 218 g/mol. The predicted octanol–water partition coefficient (Wildman–Crippen LogP) is 2.77. The van der Waals surface area contributed by atoms with Gasteiger partial charge in [-0.25, -0.2) is 4.39 Å². The first-order valence-electron chi connectivity index (χ1n) is 4.36. The van der Waals surface area contributed by atoms with Crippen LogP contribution in [0.5, 0.6) is 5.75 Å². The average Bonchev–Trinajstić information content (AvgIpc) is 2.11. The second-order valence-corrected chi connectivity index (χ2v) is 3.96.